The molecule has 1 amide bonds. The minimum Gasteiger partial charge on any atom is -0.384 e. The summed E-state index contributed by atoms with van der Waals surface area (Å²) >= 11 is 0. The van der Waals surface area contributed by atoms with Crippen LogP contribution in [0.4, 0.5) is 0 Å². The number of nitrogens with one attached hydrogen (secondary N) is 2. The van der Waals surface area contributed by atoms with Crippen LogP contribution >= 0.6 is 0 Å². The number of nitrogens with two attached hydrogens (primary N) is 2. The number of pyridine rings is 1. The van der Waals surface area contributed by atoms with Crippen molar-refractivity contribution in [2.24, 2.45) is 11.5 Å². The summed E-state index contributed by atoms with van der Waals surface area (Å²) in [6.07, 6.45) is 5.46. The lowest BCUT2D eigenvalue weighted by atomic mass is 9.92. The molecule has 0 saturated heterocycles. The number of carbonyl (C=O) groups excluding carboxylic acids is 1. The first-order valence-corrected chi connectivity index (χ1v) is 11.4. The van der Waals surface area contributed by atoms with Crippen LogP contribution in [0, 0.1) is 5.41 Å². The second kappa shape index (κ2) is 8.67. The standard InChI is InChI=1S/C26H28N6O/c27-19-7-9-20(10-8-19)31-26(33)24-13-16-5-6-17(25(28)29)14-23(16)32(24)15-18-11-12-30-22-4-2-1-3-21(18)22/h1-6,11-14,19-20H,7-10,15,27H2,(H3,28,29)(H,31,33)/t19-,20-. The van der Waals surface area contributed by atoms with Crippen molar-refractivity contribution in [2.45, 2.75) is 44.3 Å². The first-order valence-electron chi connectivity index (χ1n) is 11.4. The molecule has 6 N–H and O–H groups in total. The van der Waals surface area contributed by atoms with E-state index in [1.165, 1.54) is 0 Å². The van der Waals surface area contributed by atoms with Crippen LogP contribution in [0.15, 0.2) is 60.8 Å². The zero-order valence-corrected chi connectivity index (χ0v) is 18.4. The highest BCUT2D eigenvalue weighted by Crippen LogP contribution is 2.26. The van der Waals surface area contributed by atoms with Gasteiger partial charge in [0.05, 0.1) is 5.52 Å². The van der Waals surface area contributed by atoms with Gasteiger partial charge in [0.2, 0.25) is 0 Å². The number of para-hydroxylation sites is 1. The Balaban J connectivity index is 1.57. The molecule has 0 aliphatic heterocycles. The van der Waals surface area contributed by atoms with Crippen molar-refractivity contribution in [1.29, 1.82) is 5.41 Å². The number of aromatic nitrogens is 2. The van der Waals surface area contributed by atoms with Gasteiger partial charge in [0.1, 0.15) is 11.5 Å². The maximum absolute atomic E-state index is 13.4. The topological polar surface area (TPSA) is 123 Å². The molecule has 4 aromatic rings. The van der Waals surface area contributed by atoms with Crippen molar-refractivity contribution in [3.8, 4) is 0 Å². The van der Waals surface area contributed by atoms with Crippen molar-refractivity contribution >= 4 is 33.5 Å². The quantitative estimate of drug-likeness (QED) is 0.280. The Labute approximate surface area is 192 Å². The number of nitrogens with zero attached hydrogens (tertiary/aromatic N) is 2. The molecule has 0 unspecified atom stereocenters. The van der Waals surface area contributed by atoms with E-state index in [0.29, 0.717) is 17.8 Å². The average Bonchev–Trinajstić information content (AvgIpc) is 3.18. The zero-order valence-electron chi connectivity index (χ0n) is 18.4. The third-order valence-corrected chi connectivity index (χ3v) is 6.62. The SMILES string of the molecule is N=C(N)c1ccc2cc(C(=O)N[C@H]3CC[C@H](N)CC3)n(Cc3ccnc4ccccc34)c2c1. The third-order valence-electron chi connectivity index (χ3n) is 6.62. The summed E-state index contributed by atoms with van der Waals surface area (Å²) < 4.78 is 2.02. The molecule has 33 heavy (non-hydrogen) atoms. The van der Waals surface area contributed by atoms with Gasteiger partial charge in [-0.25, -0.2) is 0 Å². The molecule has 0 spiro atoms. The van der Waals surface area contributed by atoms with Gasteiger partial charge in [-0.1, -0.05) is 30.3 Å². The lowest BCUT2D eigenvalue weighted by Gasteiger charge is -2.27. The number of fused-ring (bicyclic) bond motifs is 2. The molecule has 1 aliphatic rings. The summed E-state index contributed by atoms with van der Waals surface area (Å²) in [6, 6.07) is 17.9. The van der Waals surface area contributed by atoms with Gasteiger partial charge in [0.15, 0.2) is 0 Å². The lowest BCUT2D eigenvalue weighted by Crippen LogP contribution is -2.41. The van der Waals surface area contributed by atoms with Crippen molar-refractivity contribution in [3.05, 3.63) is 77.6 Å². The summed E-state index contributed by atoms with van der Waals surface area (Å²) in [7, 11) is 0. The molecule has 0 radical (unpaired) electrons. The van der Waals surface area contributed by atoms with Gasteiger partial charge < -0.3 is 21.4 Å². The van der Waals surface area contributed by atoms with Crippen LogP contribution in [-0.2, 0) is 6.54 Å². The van der Waals surface area contributed by atoms with E-state index in [4.69, 9.17) is 16.9 Å². The summed E-state index contributed by atoms with van der Waals surface area (Å²) in [4.78, 5) is 17.9. The molecule has 1 saturated carbocycles. The third kappa shape index (κ3) is 4.19. The number of hydrogen-bond donors (Lipinski definition) is 4. The minimum atomic E-state index is -0.0885. The highest BCUT2D eigenvalue weighted by Gasteiger charge is 2.23. The van der Waals surface area contributed by atoms with Gasteiger partial charge in [0, 0.05) is 46.7 Å². The van der Waals surface area contributed by atoms with Gasteiger partial charge in [-0.2, -0.15) is 0 Å². The number of carbonyl (C=O) groups is 1. The maximum atomic E-state index is 13.4. The van der Waals surface area contributed by atoms with Crippen LogP contribution in [0.1, 0.15) is 47.3 Å². The smallest absolute Gasteiger partial charge is 0.268 e. The lowest BCUT2D eigenvalue weighted by molar-refractivity contribution is 0.0917. The molecule has 0 atom stereocenters. The molecular formula is C26H28N6O. The molecule has 2 heterocycles. The fraction of sp³-hybridized carbons (Fsp3) is 0.269. The van der Waals surface area contributed by atoms with E-state index in [2.05, 4.69) is 16.4 Å². The highest BCUT2D eigenvalue weighted by atomic mass is 16.2. The first kappa shape index (κ1) is 21.2. The van der Waals surface area contributed by atoms with Crippen molar-refractivity contribution in [1.82, 2.24) is 14.9 Å². The fourth-order valence-electron chi connectivity index (χ4n) is 4.77. The molecule has 1 aliphatic carbocycles. The second-order valence-electron chi connectivity index (χ2n) is 8.88. The molecule has 1 fully saturated rings. The highest BCUT2D eigenvalue weighted by molar-refractivity contribution is 6.02. The molecule has 2 aromatic heterocycles. The van der Waals surface area contributed by atoms with E-state index in [-0.39, 0.29) is 23.8 Å². The van der Waals surface area contributed by atoms with E-state index in [9.17, 15) is 4.79 Å². The normalized spacial score (nSPS) is 18.5. The van der Waals surface area contributed by atoms with Crippen LogP contribution in [-0.4, -0.2) is 33.4 Å². The number of hydrogen-bond acceptors (Lipinski definition) is 4. The first-order chi connectivity index (χ1) is 16.0. The number of amidine groups is 1. The number of rotatable bonds is 5. The second-order valence-corrected chi connectivity index (χ2v) is 8.88. The van der Waals surface area contributed by atoms with Gasteiger partial charge in [0.25, 0.3) is 5.91 Å². The summed E-state index contributed by atoms with van der Waals surface area (Å²) in [5.74, 6) is -0.0852. The number of nitrogen functional groups attached to an aromatic ring is 1. The number of benzene rings is 2. The molecule has 7 heteroatoms. The van der Waals surface area contributed by atoms with Crippen LogP contribution < -0.4 is 16.8 Å². The van der Waals surface area contributed by atoms with E-state index < -0.39 is 0 Å². The Hall–Kier alpha value is -3.71. The van der Waals surface area contributed by atoms with Crippen LogP contribution in [0.5, 0.6) is 0 Å². The van der Waals surface area contributed by atoms with Gasteiger partial charge >= 0.3 is 0 Å². The Morgan fingerprint density at radius 3 is 2.67 bits per heavy atom. The predicted octanol–water partition coefficient (Wildman–Crippen LogP) is 3.52. The summed E-state index contributed by atoms with van der Waals surface area (Å²) in [6.45, 7) is 0.506. The molecule has 5 rings (SSSR count). The van der Waals surface area contributed by atoms with Crippen LogP contribution in [0.3, 0.4) is 0 Å². The molecule has 0 bridgehead atoms. The average molecular weight is 441 g/mol. The predicted molar refractivity (Wildman–Crippen MR) is 131 cm³/mol. The van der Waals surface area contributed by atoms with Crippen molar-refractivity contribution in [3.63, 3.8) is 0 Å². The Morgan fingerprint density at radius 1 is 1.09 bits per heavy atom. The van der Waals surface area contributed by atoms with Crippen molar-refractivity contribution < 1.29 is 4.79 Å². The molecular weight excluding hydrogens is 412 g/mol. The van der Waals surface area contributed by atoms with Gasteiger partial charge in [-0.15, -0.1) is 0 Å². The molecule has 168 valence electrons. The minimum absolute atomic E-state index is 0.00329. The maximum Gasteiger partial charge on any atom is 0.268 e. The van der Waals surface area contributed by atoms with Crippen LogP contribution in [0.25, 0.3) is 21.8 Å². The van der Waals surface area contributed by atoms with E-state index >= 15 is 0 Å². The van der Waals surface area contributed by atoms with Gasteiger partial charge in [-0.3, -0.25) is 15.2 Å². The monoisotopic (exact) mass is 440 g/mol. The Bertz CT molecular complexity index is 1340. The van der Waals surface area contributed by atoms with Crippen LogP contribution in [0.2, 0.25) is 0 Å². The molecule has 2 aromatic carbocycles. The van der Waals surface area contributed by atoms with E-state index in [1.54, 1.807) is 6.20 Å². The van der Waals surface area contributed by atoms with Gasteiger partial charge in [-0.05, 0) is 55.5 Å². The largest absolute Gasteiger partial charge is 0.384 e. The summed E-state index contributed by atoms with van der Waals surface area (Å²) in [5.41, 5.74) is 15.9. The zero-order chi connectivity index (χ0) is 22.9. The number of amides is 1. The fourth-order valence-corrected chi connectivity index (χ4v) is 4.77. The summed E-state index contributed by atoms with van der Waals surface area (Å²) in [5, 5.41) is 13.1. The van der Waals surface area contributed by atoms with E-state index in [1.807, 2.05) is 53.1 Å². The Morgan fingerprint density at radius 2 is 1.88 bits per heavy atom. The van der Waals surface area contributed by atoms with Crippen molar-refractivity contribution in [2.75, 3.05) is 0 Å². The Kier molecular flexibility index (Phi) is 5.56. The van der Waals surface area contributed by atoms with E-state index in [0.717, 1.165) is 53.1 Å². The molecule has 7 nitrogen and oxygen atoms in total.